The first-order valence-corrected chi connectivity index (χ1v) is 6.47. The molecule has 3 nitrogen and oxygen atoms in total. The second-order valence-electron chi connectivity index (χ2n) is 3.33. The zero-order valence-corrected chi connectivity index (χ0v) is 11.7. The Balaban J connectivity index is 2.30. The van der Waals surface area contributed by atoms with Crippen LogP contribution in [0.5, 0.6) is 0 Å². The third-order valence-corrected chi connectivity index (χ3v) is 4.31. The lowest BCUT2D eigenvalue weighted by Gasteiger charge is -2.15. The molecule has 80 valence electrons. The van der Waals surface area contributed by atoms with Crippen LogP contribution in [0, 0.1) is 0 Å². The highest BCUT2D eigenvalue weighted by molar-refractivity contribution is 9.13. The summed E-state index contributed by atoms with van der Waals surface area (Å²) in [4.78, 5) is 17.4. The van der Waals surface area contributed by atoms with Gasteiger partial charge in [0.15, 0.2) is 0 Å². The summed E-state index contributed by atoms with van der Waals surface area (Å²) >= 11 is 11.0. The highest BCUT2D eigenvalue weighted by Crippen LogP contribution is 2.28. The maximum atomic E-state index is 11.6. The van der Waals surface area contributed by atoms with Crippen molar-refractivity contribution in [1.82, 2.24) is 4.98 Å². The third kappa shape index (κ3) is 2.37. The smallest absolute Gasteiger partial charge is 0.228 e. The molecule has 0 aliphatic carbocycles. The number of anilines is 1. The molecule has 0 radical (unpaired) electrons. The van der Waals surface area contributed by atoms with Crippen molar-refractivity contribution in [2.45, 2.75) is 11.7 Å². The van der Waals surface area contributed by atoms with E-state index in [1.807, 2.05) is 6.07 Å². The summed E-state index contributed by atoms with van der Waals surface area (Å²) < 4.78 is 1.58. The molecule has 0 spiro atoms. The quantitative estimate of drug-likeness (QED) is 0.623. The standard InChI is InChI=1S/C9H8Br2N2OS/c10-7-1-5(3-12-9(7)11)13-4-6(15)2-8(13)14/h1,3,6,15H,2,4H2. The first kappa shape index (κ1) is 11.4. The number of carbonyl (C=O) groups is 1. The van der Waals surface area contributed by atoms with Crippen molar-refractivity contribution >= 4 is 56.1 Å². The van der Waals surface area contributed by atoms with Gasteiger partial charge in [-0.1, -0.05) is 0 Å². The minimum absolute atomic E-state index is 0.103. The van der Waals surface area contributed by atoms with Crippen LogP contribution in [-0.4, -0.2) is 22.7 Å². The predicted molar refractivity (Wildman–Crippen MR) is 69.4 cm³/mol. The van der Waals surface area contributed by atoms with Crippen LogP contribution in [0.25, 0.3) is 0 Å². The number of aromatic nitrogens is 1. The largest absolute Gasteiger partial charge is 0.310 e. The third-order valence-electron chi connectivity index (χ3n) is 2.20. The van der Waals surface area contributed by atoms with Gasteiger partial charge in [-0.3, -0.25) is 4.79 Å². The van der Waals surface area contributed by atoms with E-state index >= 15 is 0 Å². The summed E-state index contributed by atoms with van der Waals surface area (Å²) in [6, 6.07) is 1.88. The molecule has 2 rings (SSSR count). The average molecular weight is 352 g/mol. The molecule has 1 aliphatic rings. The summed E-state index contributed by atoms with van der Waals surface area (Å²) in [5.74, 6) is 0.103. The van der Waals surface area contributed by atoms with Gasteiger partial charge in [0.2, 0.25) is 5.91 Å². The molecule has 15 heavy (non-hydrogen) atoms. The Morgan fingerprint density at radius 3 is 2.80 bits per heavy atom. The number of rotatable bonds is 1. The van der Waals surface area contributed by atoms with Crippen LogP contribution in [-0.2, 0) is 4.79 Å². The van der Waals surface area contributed by atoms with E-state index < -0.39 is 0 Å². The van der Waals surface area contributed by atoms with Gasteiger partial charge in [0.25, 0.3) is 0 Å². The van der Waals surface area contributed by atoms with E-state index in [-0.39, 0.29) is 11.2 Å². The fourth-order valence-corrected chi connectivity index (χ4v) is 2.37. The van der Waals surface area contributed by atoms with Crippen LogP contribution in [0.15, 0.2) is 21.3 Å². The molecule has 0 N–H and O–H groups in total. The summed E-state index contributed by atoms with van der Waals surface area (Å²) in [5, 5.41) is 0.125. The highest BCUT2D eigenvalue weighted by atomic mass is 79.9. The second kappa shape index (κ2) is 4.43. The first-order valence-electron chi connectivity index (χ1n) is 4.37. The summed E-state index contributed by atoms with van der Waals surface area (Å²) in [7, 11) is 0. The van der Waals surface area contributed by atoms with Crippen molar-refractivity contribution in [2.24, 2.45) is 0 Å². The SMILES string of the molecule is O=C1CC(S)CN1c1cnc(Br)c(Br)c1. The molecule has 1 aromatic heterocycles. The molecule has 1 atom stereocenters. The van der Waals surface area contributed by atoms with Crippen molar-refractivity contribution < 1.29 is 4.79 Å². The molecule has 0 bridgehead atoms. The Hall–Kier alpha value is -0.0700. The van der Waals surface area contributed by atoms with Gasteiger partial charge in [-0.25, -0.2) is 4.98 Å². The topological polar surface area (TPSA) is 33.2 Å². The van der Waals surface area contributed by atoms with E-state index in [9.17, 15) is 4.79 Å². The minimum atomic E-state index is 0.103. The zero-order chi connectivity index (χ0) is 11.0. The monoisotopic (exact) mass is 350 g/mol. The Morgan fingerprint density at radius 1 is 1.53 bits per heavy atom. The molecular weight excluding hydrogens is 344 g/mol. The molecule has 1 fully saturated rings. The van der Waals surface area contributed by atoms with Gasteiger partial charge in [0.05, 0.1) is 16.4 Å². The fourth-order valence-electron chi connectivity index (χ4n) is 1.50. The van der Waals surface area contributed by atoms with Crippen LogP contribution in [0.1, 0.15) is 6.42 Å². The van der Waals surface area contributed by atoms with E-state index in [0.29, 0.717) is 13.0 Å². The molecule has 0 saturated carbocycles. The van der Waals surface area contributed by atoms with Gasteiger partial charge >= 0.3 is 0 Å². The van der Waals surface area contributed by atoms with Crippen LogP contribution >= 0.6 is 44.5 Å². The zero-order valence-electron chi connectivity index (χ0n) is 7.65. The van der Waals surface area contributed by atoms with Crippen molar-refractivity contribution in [3.8, 4) is 0 Å². The van der Waals surface area contributed by atoms with Gasteiger partial charge < -0.3 is 4.90 Å². The normalized spacial score (nSPS) is 21.1. The first-order chi connectivity index (χ1) is 7.08. The van der Waals surface area contributed by atoms with Crippen LogP contribution in [0.2, 0.25) is 0 Å². The van der Waals surface area contributed by atoms with Crippen molar-refractivity contribution in [3.05, 3.63) is 21.3 Å². The molecule has 0 aromatic carbocycles. The number of amides is 1. The molecule has 1 unspecified atom stereocenters. The Labute approximate surface area is 110 Å². The number of halogens is 2. The lowest BCUT2D eigenvalue weighted by atomic mass is 10.4. The summed E-state index contributed by atoms with van der Waals surface area (Å²) in [6.45, 7) is 0.650. The van der Waals surface area contributed by atoms with Gasteiger partial charge in [-0.05, 0) is 37.9 Å². The number of hydrogen-bond acceptors (Lipinski definition) is 3. The number of thiol groups is 1. The molecule has 1 saturated heterocycles. The molecule has 1 aliphatic heterocycles. The molecule has 2 heterocycles. The number of hydrogen-bond donors (Lipinski definition) is 1. The Kier molecular flexibility index (Phi) is 3.37. The lowest BCUT2D eigenvalue weighted by molar-refractivity contribution is -0.117. The van der Waals surface area contributed by atoms with E-state index in [4.69, 9.17) is 0 Å². The minimum Gasteiger partial charge on any atom is -0.310 e. The number of nitrogens with zero attached hydrogens (tertiary/aromatic N) is 2. The van der Waals surface area contributed by atoms with Gasteiger partial charge in [-0.15, -0.1) is 0 Å². The Bertz CT molecular complexity index is 413. The van der Waals surface area contributed by atoms with Crippen LogP contribution in [0.4, 0.5) is 5.69 Å². The van der Waals surface area contributed by atoms with Gasteiger partial charge in [0.1, 0.15) is 4.60 Å². The fraction of sp³-hybridized carbons (Fsp3) is 0.333. The number of carbonyl (C=O) groups excluding carboxylic acids is 1. The predicted octanol–water partition coefficient (Wildman–Crippen LogP) is 2.64. The van der Waals surface area contributed by atoms with Crippen molar-refractivity contribution in [1.29, 1.82) is 0 Å². The van der Waals surface area contributed by atoms with E-state index in [2.05, 4.69) is 49.5 Å². The van der Waals surface area contributed by atoms with Crippen molar-refractivity contribution in [2.75, 3.05) is 11.4 Å². The average Bonchev–Trinajstić information content (AvgIpc) is 2.50. The molecular formula is C9H8Br2N2OS. The molecule has 1 amide bonds. The maximum absolute atomic E-state index is 11.6. The van der Waals surface area contributed by atoms with E-state index in [1.165, 1.54) is 0 Å². The van der Waals surface area contributed by atoms with Crippen LogP contribution < -0.4 is 4.90 Å². The van der Waals surface area contributed by atoms with Crippen molar-refractivity contribution in [3.63, 3.8) is 0 Å². The second-order valence-corrected chi connectivity index (χ2v) is 5.66. The van der Waals surface area contributed by atoms with Gasteiger partial charge in [-0.2, -0.15) is 12.6 Å². The van der Waals surface area contributed by atoms with E-state index in [0.717, 1.165) is 14.8 Å². The molecule has 6 heteroatoms. The maximum Gasteiger partial charge on any atom is 0.228 e. The summed E-state index contributed by atoms with van der Waals surface area (Å²) in [6.07, 6.45) is 2.18. The van der Waals surface area contributed by atoms with Crippen LogP contribution in [0.3, 0.4) is 0 Å². The van der Waals surface area contributed by atoms with E-state index in [1.54, 1.807) is 11.1 Å². The lowest BCUT2D eigenvalue weighted by Crippen LogP contribution is -2.24. The molecule has 1 aromatic rings. The summed E-state index contributed by atoms with van der Waals surface area (Å²) in [5.41, 5.74) is 0.812. The highest BCUT2D eigenvalue weighted by Gasteiger charge is 2.28. The Morgan fingerprint density at radius 2 is 2.27 bits per heavy atom. The van der Waals surface area contributed by atoms with Gasteiger partial charge in [0, 0.05) is 18.2 Å². The number of pyridine rings is 1.